The Morgan fingerprint density at radius 1 is 1.19 bits per heavy atom. The summed E-state index contributed by atoms with van der Waals surface area (Å²) in [7, 11) is 0. The number of carbonyl (C=O) groups is 1. The van der Waals surface area contributed by atoms with E-state index >= 15 is 0 Å². The number of para-hydroxylation sites is 1. The summed E-state index contributed by atoms with van der Waals surface area (Å²) in [5, 5.41) is 3.34. The van der Waals surface area contributed by atoms with E-state index in [9.17, 15) is 18.0 Å². The van der Waals surface area contributed by atoms with Crippen LogP contribution in [0.3, 0.4) is 0 Å². The maximum atomic E-state index is 13.7. The second-order valence-electron chi connectivity index (χ2n) is 6.14. The number of nitrogens with one attached hydrogen (secondary N) is 1. The molecule has 4 nitrogen and oxygen atoms in total. The molecule has 0 saturated carbocycles. The molecule has 1 saturated heterocycles. The lowest BCUT2D eigenvalue weighted by Crippen LogP contribution is -2.53. The van der Waals surface area contributed by atoms with Gasteiger partial charge in [-0.25, -0.2) is 18.2 Å². The molecule has 0 unspecified atom stereocenters. The predicted octanol–water partition coefficient (Wildman–Crippen LogP) is 3.47. The maximum Gasteiger partial charge on any atom is 0.226 e. The molecular formula is C18H14F3N3OS. The Balaban J connectivity index is 1.35. The molecule has 0 spiro atoms. The second-order valence-corrected chi connectivity index (χ2v) is 7.15. The van der Waals surface area contributed by atoms with Crippen molar-refractivity contribution >= 4 is 32.6 Å². The zero-order valence-corrected chi connectivity index (χ0v) is 14.3. The van der Waals surface area contributed by atoms with Gasteiger partial charge in [0.05, 0.1) is 10.6 Å². The molecule has 0 atom stereocenters. The lowest BCUT2D eigenvalue weighted by Gasteiger charge is -2.37. The van der Waals surface area contributed by atoms with Crippen LogP contribution in [0.2, 0.25) is 0 Å². The van der Waals surface area contributed by atoms with Crippen molar-refractivity contribution in [3.8, 4) is 0 Å². The van der Waals surface area contributed by atoms with Crippen LogP contribution in [0.4, 0.5) is 18.3 Å². The fraction of sp³-hybridized carbons (Fsp3) is 0.222. The Morgan fingerprint density at radius 3 is 2.73 bits per heavy atom. The van der Waals surface area contributed by atoms with Crippen LogP contribution in [0.1, 0.15) is 5.56 Å². The van der Waals surface area contributed by atoms with Crippen LogP contribution in [-0.2, 0) is 11.3 Å². The van der Waals surface area contributed by atoms with Gasteiger partial charge in [-0.15, -0.1) is 0 Å². The van der Waals surface area contributed by atoms with Gasteiger partial charge < -0.3 is 10.2 Å². The highest BCUT2D eigenvalue weighted by atomic mass is 32.1. The Bertz CT molecular complexity index is 985. The number of amides is 1. The molecule has 1 aliphatic heterocycles. The topological polar surface area (TPSA) is 45.2 Å². The van der Waals surface area contributed by atoms with Gasteiger partial charge in [-0.1, -0.05) is 23.5 Å². The number of nitrogens with zero attached hydrogens (tertiary/aromatic N) is 2. The summed E-state index contributed by atoms with van der Waals surface area (Å²) in [5.74, 6) is -2.13. The third-order valence-corrected chi connectivity index (χ3v) is 5.43. The van der Waals surface area contributed by atoms with Crippen LogP contribution in [0.25, 0.3) is 10.2 Å². The van der Waals surface area contributed by atoms with Gasteiger partial charge in [0.25, 0.3) is 0 Å². The number of aromatic nitrogens is 1. The third kappa shape index (κ3) is 3.12. The summed E-state index contributed by atoms with van der Waals surface area (Å²) < 4.78 is 40.9. The summed E-state index contributed by atoms with van der Waals surface area (Å²) in [6, 6.07) is 8.07. The normalized spacial score (nSPS) is 14.5. The van der Waals surface area contributed by atoms with Gasteiger partial charge >= 0.3 is 0 Å². The van der Waals surface area contributed by atoms with Crippen molar-refractivity contribution in [3.63, 3.8) is 0 Å². The molecule has 134 valence electrons. The number of anilines is 1. The molecular weight excluding hydrogens is 363 g/mol. The van der Waals surface area contributed by atoms with Gasteiger partial charge in [-0.05, 0) is 18.2 Å². The van der Waals surface area contributed by atoms with Crippen LogP contribution in [-0.4, -0.2) is 24.0 Å². The van der Waals surface area contributed by atoms with Crippen molar-refractivity contribution in [1.82, 2.24) is 10.3 Å². The Labute approximate surface area is 151 Å². The van der Waals surface area contributed by atoms with E-state index in [4.69, 9.17) is 0 Å². The summed E-state index contributed by atoms with van der Waals surface area (Å²) in [4.78, 5) is 18.4. The van der Waals surface area contributed by atoms with E-state index in [1.165, 1.54) is 23.5 Å². The molecule has 0 aliphatic carbocycles. The highest BCUT2D eigenvalue weighted by Crippen LogP contribution is 2.33. The molecule has 1 aromatic heterocycles. The summed E-state index contributed by atoms with van der Waals surface area (Å²) in [5.41, 5.74) is 0.574. The van der Waals surface area contributed by atoms with Crippen molar-refractivity contribution in [2.75, 3.05) is 18.0 Å². The van der Waals surface area contributed by atoms with Gasteiger partial charge in [0.2, 0.25) is 5.91 Å². The van der Waals surface area contributed by atoms with Gasteiger partial charge in [-0.2, -0.15) is 0 Å². The number of hydrogen-bond acceptors (Lipinski definition) is 4. The van der Waals surface area contributed by atoms with Crippen molar-refractivity contribution in [1.29, 1.82) is 0 Å². The van der Waals surface area contributed by atoms with Crippen molar-refractivity contribution in [3.05, 3.63) is 59.4 Å². The molecule has 2 heterocycles. The number of hydrogen-bond donors (Lipinski definition) is 1. The summed E-state index contributed by atoms with van der Waals surface area (Å²) in [6.45, 7) is 0.951. The van der Waals surface area contributed by atoms with E-state index in [-0.39, 0.29) is 29.8 Å². The summed E-state index contributed by atoms with van der Waals surface area (Å²) in [6.07, 6.45) is 0. The van der Waals surface area contributed by atoms with Gasteiger partial charge in [0, 0.05) is 31.3 Å². The van der Waals surface area contributed by atoms with E-state index in [1.54, 1.807) is 12.1 Å². The van der Waals surface area contributed by atoms with Crippen LogP contribution in [0.5, 0.6) is 0 Å². The lowest BCUT2D eigenvalue weighted by atomic mass is 10.00. The predicted molar refractivity (Wildman–Crippen MR) is 93.5 cm³/mol. The molecule has 1 fully saturated rings. The second kappa shape index (κ2) is 6.60. The first-order valence-electron chi connectivity index (χ1n) is 8.03. The third-order valence-electron chi connectivity index (χ3n) is 4.35. The number of thiazole rings is 1. The Hall–Kier alpha value is -2.61. The number of halogens is 3. The molecule has 4 rings (SSSR count). The number of fused-ring (bicyclic) bond motifs is 1. The average molecular weight is 377 g/mol. The first kappa shape index (κ1) is 16.8. The summed E-state index contributed by atoms with van der Waals surface area (Å²) >= 11 is 1.38. The molecule has 0 radical (unpaired) electrons. The van der Waals surface area contributed by atoms with E-state index in [0.29, 0.717) is 23.7 Å². The SMILES string of the molecule is O=C(NCc1ccc(F)cc1F)C1CN(c2nc3c(F)cccc3s2)C1. The minimum atomic E-state index is -0.683. The average Bonchev–Trinajstić information content (AvgIpc) is 2.98. The largest absolute Gasteiger partial charge is 0.352 e. The zero-order chi connectivity index (χ0) is 18.3. The number of rotatable bonds is 4. The quantitative estimate of drug-likeness (QED) is 0.757. The van der Waals surface area contributed by atoms with Crippen LogP contribution >= 0.6 is 11.3 Å². The number of benzene rings is 2. The molecule has 1 amide bonds. The van der Waals surface area contributed by atoms with E-state index < -0.39 is 11.6 Å². The van der Waals surface area contributed by atoms with E-state index in [1.807, 2.05) is 4.90 Å². The van der Waals surface area contributed by atoms with Crippen LogP contribution in [0.15, 0.2) is 36.4 Å². The van der Waals surface area contributed by atoms with Gasteiger partial charge in [0.15, 0.2) is 5.13 Å². The smallest absolute Gasteiger partial charge is 0.226 e. The minimum Gasteiger partial charge on any atom is -0.352 e. The van der Waals surface area contributed by atoms with Gasteiger partial charge in [-0.3, -0.25) is 4.79 Å². The Kier molecular flexibility index (Phi) is 4.28. The van der Waals surface area contributed by atoms with E-state index in [2.05, 4.69) is 10.3 Å². The molecule has 3 aromatic rings. The monoisotopic (exact) mass is 377 g/mol. The molecule has 0 bridgehead atoms. The minimum absolute atomic E-state index is 0.00773. The van der Waals surface area contributed by atoms with E-state index in [0.717, 1.165) is 16.8 Å². The number of carbonyl (C=O) groups excluding carboxylic acids is 1. The van der Waals surface area contributed by atoms with Gasteiger partial charge in [0.1, 0.15) is 23.0 Å². The Morgan fingerprint density at radius 2 is 2.00 bits per heavy atom. The highest BCUT2D eigenvalue weighted by molar-refractivity contribution is 7.22. The first-order valence-corrected chi connectivity index (χ1v) is 8.84. The molecule has 8 heteroatoms. The standard InChI is InChI=1S/C18H14F3N3OS/c19-12-5-4-10(14(21)6-12)7-22-17(25)11-8-24(9-11)18-23-16-13(20)2-1-3-15(16)26-18/h1-6,11H,7-9H2,(H,22,25). The molecule has 26 heavy (non-hydrogen) atoms. The molecule has 1 N–H and O–H groups in total. The lowest BCUT2D eigenvalue weighted by molar-refractivity contribution is -0.125. The highest BCUT2D eigenvalue weighted by Gasteiger charge is 2.34. The zero-order valence-electron chi connectivity index (χ0n) is 13.5. The fourth-order valence-electron chi connectivity index (χ4n) is 2.83. The van der Waals surface area contributed by atoms with Crippen molar-refractivity contribution < 1.29 is 18.0 Å². The van der Waals surface area contributed by atoms with Crippen LogP contribution in [0, 0.1) is 23.4 Å². The van der Waals surface area contributed by atoms with Crippen molar-refractivity contribution in [2.24, 2.45) is 5.92 Å². The molecule has 2 aromatic carbocycles. The first-order chi connectivity index (χ1) is 12.5. The maximum absolute atomic E-state index is 13.7. The fourth-order valence-corrected chi connectivity index (χ4v) is 3.83. The molecule has 1 aliphatic rings. The van der Waals surface area contributed by atoms with Crippen LogP contribution < -0.4 is 10.2 Å². The van der Waals surface area contributed by atoms with Crippen molar-refractivity contribution in [2.45, 2.75) is 6.54 Å².